The molecule has 0 unspecified atom stereocenters. The van der Waals surface area contributed by atoms with Gasteiger partial charge in [-0.3, -0.25) is 0 Å². The lowest BCUT2D eigenvalue weighted by Crippen LogP contribution is -2.67. The Morgan fingerprint density at radius 2 is 1.44 bits per heavy atom. The van der Waals surface area contributed by atoms with Crippen LogP contribution in [-0.4, -0.2) is 35.1 Å². The second-order valence-corrected chi connectivity index (χ2v) is 7.18. The minimum atomic E-state index is -1.10. The molecule has 0 spiro atoms. The molecule has 5 aliphatic rings. The van der Waals surface area contributed by atoms with Crippen molar-refractivity contribution in [2.45, 2.75) is 50.2 Å². The van der Waals surface area contributed by atoms with Gasteiger partial charge in [-0.2, -0.15) is 0 Å². The summed E-state index contributed by atoms with van der Waals surface area (Å²) in [6, 6.07) is 0. The highest BCUT2D eigenvalue weighted by Crippen LogP contribution is 2.64. The smallest absolute Gasteiger partial charge is 0.125 e. The van der Waals surface area contributed by atoms with Gasteiger partial charge < -0.3 is 10.2 Å². The Morgan fingerprint density at radius 1 is 0.889 bits per heavy atom. The Kier molecular flexibility index (Phi) is 2.39. The molecule has 4 aliphatic carbocycles. The molecule has 4 nitrogen and oxygen atoms in total. The van der Waals surface area contributed by atoms with Crippen molar-refractivity contribution >= 4 is 0 Å². The number of hydrogen-bond acceptors (Lipinski definition) is 4. The summed E-state index contributed by atoms with van der Waals surface area (Å²) < 4.78 is 0. The summed E-state index contributed by atoms with van der Waals surface area (Å²) in [6.07, 6.45) is 6.40. The molecule has 1 saturated heterocycles. The van der Waals surface area contributed by atoms with Crippen LogP contribution < -0.4 is 0 Å². The van der Waals surface area contributed by atoms with Crippen molar-refractivity contribution in [3.05, 3.63) is 0 Å². The van der Waals surface area contributed by atoms with E-state index in [9.17, 15) is 10.2 Å². The topological polar surface area (TPSA) is 58.9 Å². The number of aliphatic hydroxyl groups is 2. The maximum absolute atomic E-state index is 11.1. The largest absolute Gasteiger partial charge is 0.387 e. The predicted molar refractivity (Wildman–Crippen MR) is 63.5 cm³/mol. The molecule has 0 amide bonds. The first-order valence-electron chi connectivity index (χ1n) is 7.26. The molecule has 4 heteroatoms. The van der Waals surface area contributed by atoms with Crippen molar-refractivity contribution in [3.63, 3.8) is 0 Å². The van der Waals surface area contributed by atoms with Crippen LogP contribution in [0.4, 0.5) is 0 Å². The maximum Gasteiger partial charge on any atom is 0.125 e. The average molecular weight is 254 g/mol. The Labute approximate surface area is 107 Å². The van der Waals surface area contributed by atoms with Crippen LogP contribution in [0.2, 0.25) is 0 Å². The highest BCUT2D eigenvalue weighted by Gasteiger charge is 2.63. The molecule has 0 radical (unpaired) electrons. The summed E-state index contributed by atoms with van der Waals surface area (Å²) in [5, 5.41) is 21.3. The van der Waals surface area contributed by atoms with E-state index in [2.05, 4.69) is 0 Å². The van der Waals surface area contributed by atoms with Crippen LogP contribution in [0.1, 0.15) is 38.5 Å². The fraction of sp³-hybridized carbons (Fsp3) is 1.00. The van der Waals surface area contributed by atoms with E-state index in [1.54, 1.807) is 0 Å². The standard InChI is InChI=1S/C14H22O4/c15-12-7-17-18-8-14(12,16)13-4-9-1-10(5-13)3-11(2-9)6-13/h9-12,15-16H,1-8H2/t9?,10?,11?,12-,13?,14+/m1/s1. The molecule has 18 heavy (non-hydrogen) atoms. The van der Waals surface area contributed by atoms with Gasteiger partial charge in [0.2, 0.25) is 0 Å². The zero-order chi connectivity index (χ0) is 12.4. The van der Waals surface area contributed by atoms with E-state index in [1.165, 1.54) is 19.3 Å². The van der Waals surface area contributed by atoms with E-state index >= 15 is 0 Å². The van der Waals surface area contributed by atoms with Gasteiger partial charge in [-0.1, -0.05) is 0 Å². The Hall–Kier alpha value is -0.160. The van der Waals surface area contributed by atoms with E-state index in [-0.39, 0.29) is 18.6 Å². The molecular formula is C14H22O4. The third kappa shape index (κ3) is 1.40. The molecule has 0 aromatic heterocycles. The van der Waals surface area contributed by atoms with Gasteiger partial charge in [0, 0.05) is 5.41 Å². The Balaban J connectivity index is 1.70. The third-order valence-electron chi connectivity index (χ3n) is 6.10. The molecule has 2 atom stereocenters. The summed E-state index contributed by atoms with van der Waals surface area (Å²) in [6.45, 7) is 0.221. The lowest BCUT2D eigenvalue weighted by atomic mass is 9.44. The first kappa shape index (κ1) is 11.6. The van der Waals surface area contributed by atoms with E-state index in [1.807, 2.05) is 0 Å². The van der Waals surface area contributed by atoms with Crippen LogP contribution >= 0.6 is 0 Å². The maximum atomic E-state index is 11.1. The van der Waals surface area contributed by atoms with E-state index in [4.69, 9.17) is 9.78 Å². The van der Waals surface area contributed by atoms with E-state index < -0.39 is 11.7 Å². The van der Waals surface area contributed by atoms with Crippen LogP contribution in [0.25, 0.3) is 0 Å². The number of rotatable bonds is 1. The van der Waals surface area contributed by atoms with Gasteiger partial charge in [0.15, 0.2) is 0 Å². The SMILES string of the molecule is O[C@@H]1COOC[C@@]1(O)C12CC3CC(CC(C3)C1)C2. The second-order valence-electron chi connectivity index (χ2n) is 7.18. The molecule has 1 aliphatic heterocycles. The van der Waals surface area contributed by atoms with Crippen molar-refractivity contribution in [1.29, 1.82) is 0 Å². The molecule has 4 saturated carbocycles. The van der Waals surface area contributed by atoms with Crippen LogP contribution in [0.5, 0.6) is 0 Å². The minimum absolute atomic E-state index is 0.0955. The highest BCUT2D eigenvalue weighted by atomic mass is 17.2. The summed E-state index contributed by atoms with van der Waals surface area (Å²) >= 11 is 0. The van der Waals surface area contributed by atoms with Gasteiger partial charge in [0.05, 0.1) is 0 Å². The van der Waals surface area contributed by atoms with E-state index in [0.717, 1.165) is 37.0 Å². The third-order valence-corrected chi connectivity index (χ3v) is 6.10. The fourth-order valence-corrected chi connectivity index (χ4v) is 5.63. The van der Waals surface area contributed by atoms with Crippen molar-refractivity contribution in [2.24, 2.45) is 23.2 Å². The quantitative estimate of drug-likeness (QED) is 0.692. The van der Waals surface area contributed by atoms with Gasteiger partial charge in [-0.15, -0.1) is 0 Å². The molecule has 1 heterocycles. The summed E-state index contributed by atoms with van der Waals surface area (Å²) in [7, 11) is 0. The molecule has 102 valence electrons. The van der Waals surface area contributed by atoms with Gasteiger partial charge in [-0.05, 0) is 56.3 Å². The molecular weight excluding hydrogens is 232 g/mol. The van der Waals surface area contributed by atoms with Gasteiger partial charge >= 0.3 is 0 Å². The van der Waals surface area contributed by atoms with Crippen molar-refractivity contribution in [1.82, 2.24) is 0 Å². The predicted octanol–water partition coefficient (Wildman–Crippen LogP) is 1.26. The zero-order valence-corrected chi connectivity index (χ0v) is 10.7. The van der Waals surface area contributed by atoms with Crippen molar-refractivity contribution in [3.8, 4) is 0 Å². The van der Waals surface area contributed by atoms with Crippen molar-refractivity contribution < 1.29 is 20.0 Å². The molecule has 2 N–H and O–H groups in total. The second kappa shape index (κ2) is 3.69. The van der Waals surface area contributed by atoms with Crippen LogP contribution in [-0.2, 0) is 9.78 Å². The molecule has 0 aromatic rings. The zero-order valence-electron chi connectivity index (χ0n) is 10.7. The first-order chi connectivity index (χ1) is 8.61. The fourth-order valence-electron chi connectivity index (χ4n) is 5.63. The van der Waals surface area contributed by atoms with Gasteiger partial charge in [-0.25, -0.2) is 9.78 Å². The van der Waals surface area contributed by atoms with Crippen molar-refractivity contribution in [2.75, 3.05) is 13.2 Å². The number of aliphatic hydroxyl groups excluding tert-OH is 1. The normalized spacial score (nSPS) is 59.0. The van der Waals surface area contributed by atoms with Crippen LogP contribution in [0.3, 0.4) is 0 Å². The van der Waals surface area contributed by atoms with E-state index in [0.29, 0.717) is 0 Å². The summed E-state index contributed by atoms with van der Waals surface area (Å²) in [4.78, 5) is 9.87. The Morgan fingerprint density at radius 3 is 1.94 bits per heavy atom. The van der Waals surface area contributed by atoms with Gasteiger partial charge in [0.1, 0.15) is 24.9 Å². The van der Waals surface area contributed by atoms with Crippen LogP contribution in [0.15, 0.2) is 0 Å². The molecule has 5 fully saturated rings. The molecule has 5 rings (SSSR count). The Bertz CT molecular complexity index is 320. The first-order valence-corrected chi connectivity index (χ1v) is 7.26. The average Bonchev–Trinajstić information content (AvgIpc) is 2.31. The van der Waals surface area contributed by atoms with Crippen LogP contribution in [0, 0.1) is 23.2 Å². The monoisotopic (exact) mass is 254 g/mol. The summed E-state index contributed by atoms with van der Waals surface area (Å²) in [5.74, 6) is 2.28. The number of hydrogen-bond donors (Lipinski definition) is 2. The highest BCUT2D eigenvalue weighted by molar-refractivity contribution is 5.12. The molecule has 4 bridgehead atoms. The summed E-state index contributed by atoms with van der Waals surface area (Å²) in [5.41, 5.74) is -1.22. The minimum Gasteiger partial charge on any atom is -0.387 e. The van der Waals surface area contributed by atoms with Gasteiger partial charge in [0.25, 0.3) is 0 Å². The lowest BCUT2D eigenvalue weighted by molar-refractivity contribution is -0.397. The lowest BCUT2D eigenvalue weighted by Gasteiger charge is -2.63. The molecule has 0 aromatic carbocycles.